The number of benzene rings is 2. The summed E-state index contributed by atoms with van der Waals surface area (Å²) in [6.07, 6.45) is 3.46. The average Bonchev–Trinajstić information content (AvgIpc) is 2.96. The van der Waals surface area contributed by atoms with E-state index in [0.29, 0.717) is 16.5 Å². The van der Waals surface area contributed by atoms with Gasteiger partial charge >= 0.3 is 0 Å². The summed E-state index contributed by atoms with van der Waals surface area (Å²) < 4.78 is 7.17. The molecule has 1 N–H and O–H groups in total. The molecule has 0 aliphatic rings. The molecule has 0 atom stereocenters. The van der Waals surface area contributed by atoms with E-state index in [2.05, 4.69) is 5.32 Å². The molecule has 26 heavy (non-hydrogen) atoms. The fraction of sp³-hybridized carbons (Fsp3) is 0.100. The zero-order chi connectivity index (χ0) is 18.7. The lowest BCUT2D eigenvalue weighted by molar-refractivity contribution is -0.112. The number of carbonyl (C=O) groups excluding carboxylic acids is 1. The Hall–Kier alpha value is -3.23. The fourth-order valence-electron chi connectivity index (χ4n) is 2.76. The normalized spacial score (nSPS) is 11.2. The molecule has 0 radical (unpaired) electrons. The highest BCUT2D eigenvalue weighted by molar-refractivity contribution is 6.31. The van der Waals surface area contributed by atoms with Gasteiger partial charge in [-0.15, -0.1) is 0 Å². The van der Waals surface area contributed by atoms with Gasteiger partial charge in [-0.05, 0) is 30.3 Å². The third kappa shape index (κ3) is 3.41. The molecule has 0 fully saturated rings. The van der Waals surface area contributed by atoms with Crippen LogP contribution >= 0.6 is 11.6 Å². The number of anilines is 1. The largest absolute Gasteiger partial charge is 0.495 e. The number of nitrogens with one attached hydrogen (secondary N) is 1. The summed E-state index contributed by atoms with van der Waals surface area (Å²) in [6, 6.07) is 14.6. The van der Waals surface area contributed by atoms with Gasteiger partial charge in [-0.2, -0.15) is 5.26 Å². The standard InChI is InChI=1S/C20H16ClN3O2/c1-24-12-14(16-5-3-4-6-18(16)24)9-13(11-22)20(25)23-17-10-15(21)7-8-19(17)26-2/h3-10,12H,1-2H3,(H,23,25)/b13-9+. The average molecular weight is 366 g/mol. The molecule has 0 saturated carbocycles. The first kappa shape index (κ1) is 17.6. The Morgan fingerprint density at radius 1 is 1.31 bits per heavy atom. The van der Waals surface area contributed by atoms with E-state index in [4.69, 9.17) is 16.3 Å². The maximum absolute atomic E-state index is 12.6. The van der Waals surface area contributed by atoms with E-state index < -0.39 is 5.91 Å². The summed E-state index contributed by atoms with van der Waals surface area (Å²) in [4.78, 5) is 12.6. The van der Waals surface area contributed by atoms with E-state index in [9.17, 15) is 10.1 Å². The predicted molar refractivity (Wildman–Crippen MR) is 103 cm³/mol. The van der Waals surface area contributed by atoms with E-state index in [1.807, 2.05) is 48.1 Å². The number of nitriles is 1. The summed E-state index contributed by atoms with van der Waals surface area (Å²) in [6.45, 7) is 0. The van der Waals surface area contributed by atoms with Crippen LogP contribution in [0, 0.1) is 11.3 Å². The molecule has 2 aromatic carbocycles. The lowest BCUT2D eigenvalue weighted by atomic mass is 10.1. The number of carbonyl (C=O) groups is 1. The van der Waals surface area contributed by atoms with Crippen LogP contribution in [0.4, 0.5) is 5.69 Å². The van der Waals surface area contributed by atoms with E-state index in [1.165, 1.54) is 7.11 Å². The molecule has 0 aliphatic heterocycles. The summed E-state index contributed by atoms with van der Waals surface area (Å²) in [7, 11) is 3.42. The van der Waals surface area contributed by atoms with Crippen LogP contribution < -0.4 is 10.1 Å². The monoisotopic (exact) mass is 365 g/mol. The fourth-order valence-corrected chi connectivity index (χ4v) is 2.93. The van der Waals surface area contributed by atoms with Crippen molar-refractivity contribution >= 4 is 40.2 Å². The molecule has 0 spiro atoms. The smallest absolute Gasteiger partial charge is 0.266 e. The van der Waals surface area contributed by atoms with Crippen LogP contribution in [0.15, 0.2) is 54.2 Å². The van der Waals surface area contributed by atoms with Crippen LogP contribution in [0.25, 0.3) is 17.0 Å². The van der Waals surface area contributed by atoms with E-state index in [-0.39, 0.29) is 5.57 Å². The first-order valence-electron chi connectivity index (χ1n) is 7.84. The summed E-state index contributed by atoms with van der Waals surface area (Å²) >= 11 is 5.98. The minimum atomic E-state index is -0.527. The van der Waals surface area contributed by atoms with Crippen LogP contribution in [0.2, 0.25) is 5.02 Å². The molecule has 0 unspecified atom stereocenters. The molecule has 1 heterocycles. The number of hydrogen-bond acceptors (Lipinski definition) is 3. The highest BCUT2D eigenvalue weighted by Crippen LogP contribution is 2.28. The Labute approximate surface area is 156 Å². The molecule has 5 nitrogen and oxygen atoms in total. The topological polar surface area (TPSA) is 67.0 Å². The lowest BCUT2D eigenvalue weighted by Crippen LogP contribution is -2.14. The van der Waals surface area contributed by atoms with Gasteiger partial charge in [-0.1, -0.05) is 29.8 Å². The van der Waals surface area contributed by atoms with Crippen molar-refractivity contribution in [3.05, 3.63) is 64.8 Å². The van der Waals surface area contributed by atoms with Crippen molar-refractivity contribution in [1.82, 2.24) is 4.57 Å². The van der Waals surface area contributed by atoms with Crippen LogP contribution in [0.1, 0.15) is 5.56 Å². The molecular formula is C20H16ClN3O2. The number of fused-ring (bicyclic) bond motifs is 1. The third-order valence-electron chi connectivity index (χ3n) is 4.00. The highest BCUT2D eigenvalue weighted by atomic mass is 35.5. The Morgan fingerprint density at radius 2 is 2.08 bits per heavy atom. The molecule has 0 aliphatic carbocycles. The van der Waals surface area contributed by atoms with Crippen molar-refractivity contribution in [1.29, 1.82) is 5.26 Å². The van der Waals surface area contributed by atoms with Crippen LogP contribution in [0.3, 0.4) is 0 Å². The number of hydrogen-bond donors (Lipinski definition) is 1. The quantitative estimate of drug-likeness (QED) is 0.551. The number of methoxy groups -OCH3 is 1. The van der Waals surface area contributed by atoms with Gasteiger partial charge < -0.3 is 14.6 Å². The Balaban J connectivity index is 1.96. The second-order valence-corrected chi connectivity index (χ2v) is 6.12. The van der Waals surface area contributed by atoms with Gasteiger partial charge in [0.15, 0.2) is 0 Å². The van der Waals surface area contributed by atoms with Gasteiger partial charge in [0, 0.05) is 34.7 Å². The van der Waals surface area contributed by atoms with Crippen molar-refractivity contribution in [2.24, 2.45) is 7.05 Å². The zero-order valence-corrected chi connectivity index (χ0v) is 15.0. The van der Waals surface area contributed by atoms with E-state index >= 15 is 0 Å². The van der Waals surface area contributed by atoms with Crippen LogP contribution in [-0.4, -0.2) is 17.6 Å². The highest BCUT2D eigenvalue weighted by Gasteiger charge is 2.14. The first-order chi connectivity index (χ1) is 12.5. The number of amides is 1. The number of nitrogens with zero attached hydrogens (tertiary/aromatic N) is 2. The first-order valence-corrected chi connectivity index (χ1v) is 8.22. The van der Waals surface area contributed by atoms with Gasteiger partial charge in [0.25, 0.3) is 5.91 Å². The molecule has 1 amide bonds. The van der Waals surface area contributed by atoms with Gasteiger partial charge in [0.1, 0.15) is 17.4 Å². The van der Waals surface area contributed by atoms with Crippen molar-refractivity contribution in [3.63, 3.8) is 0 Å². The molecular weight excluding hydrogens is 350 g/mol. The SMILES string of the molecule is COc1ccc(Cl)cc1NC(=O)/C(C#N)=C/c1cn(C)c2ccccc12. The van der Waals surface area contributed by atoms with Gasteiger partial charge in [-0.3, -0.25) is 4.79 Å². The second kappa shape index (κ2) is 7.34. The molecule has 3 rings (SSSR count). The molecule has 3 aromatic rings. The number of para-hydroxylation sites is 1. The molecule has 1 aromatic heterocycles. The number of aryl methyl sites for hydroxylation is 1. The Bertz CT molecular complexity index is 1060. The molecule has 130 valence electrons. The van der Waals surface area contributed by atoms with Gasteiger partial charge in [0.05, 0.1) is 12.8 Å². The number of rotatable bonds is 4. The van der Waals surface area contributed by atoms with Crippen molar-refractivity contribution in [3.8, 4) is 11.8 Å². The molecule has 0 saturated heterocycles. The Morgan fingerprint density at radius 3 is 2.81 bits per heavy atom. The van der Waals surface area contributed by atoms with E-state index in [1.54, 1.807) is 24.3 Å². The van der Waals surface area contributed by atoms with Crippen LogP contribution in [-0.2, 0) is 11.8 Å². The van der Waals surface area contributed by atoms with Crippen molar-refractivity contribution in [2.45, 2.75) is 0 Å². The third-order valence-corrected chi connectivity index (χ3v) is 4.24. The summed E-state index contributed by atoms with van der Waals surface area (Å²) in [5, 5.41) is 13.6. The summed E-state index contributed by atoms with van der Waals surface area (Å²) in [5.74, 6) is -0.0637. The maximum atomic E-state index is 12.6. The number of ether oxygens (including phenoxy) is 1. The van der Waals surface area contributed by atoms with Crippen molar-refractivity contribution < 1.29 is 9.53 Å². The zero-order valence-electron chi connectivity index (χ0n) is 14.3. The van der Waals surface area contributed by atoms with Crippen molar-refractivity contribution in [2.75, 3.05) is 12.4 Å². The minimum Gasteiger partial charge on any atom is -0.495 e. The number of halogens is 1. The van der Waals surface area contributed by atoms with Crippen LogP contribution in [0.5, 0.6) is 5.75 Å². The Kier molecular flexibility index (Phi) is 4.97. The molecule has 6 heteroatoms. The number of aromatic nitrogens is 1. The predicted octanol–water partition coefficient (Wildman–Crippen LogP) is 4.39. The summed E-state index contributed by atoms with van der Waals surface area (Å²) in [5.41, 5.74) is 2.22. The molecule has 0 bridgehead atoms. The van der Waals surface area contributed by atoms with Gasteiger partial charge in [0.2, 0.25) is 0 Å². The minimum absolute atomic E-state index is 0.0108. The lowest BCUT2D eigenvalue weighted by Gasteiger charge is -2.10. The van der Waals surface area contributed by atoms with E-state index in [0.717, 1.165) is 16.5 Å². The maximum Gasteiger partial charge on any atom is 0.266 e. The van der Waals surface area contributed by atoms with Gasteiger partial charge in [-0.25, -0.2) is 0 Å². The second-order valence-electron chi connectivity index (χ2n) is 5.68.